The first-order valence-electron chi connectivity index (χ1n) is 4.82. The summed E-state index contributed by atoms with van der Waals surface area (Å²) in [5.41, 5.74) is 5.07. The number of ether oxygens (including phenoxy) is 1. The lowest BCUT2D eigenvalue weighted by atomic mass is 10.0. The largest absolute Gasteiger partial charge is 0.368 e. The van der Waals surface area contributed by atoms with Crippen LogP contribution in [0.15, 0.2) is 0 Å². The Kier molecular flexibility index (Phi) is 4.18. The number of nitrogens with two attached hydrogens (primary N) is 1. The zero-order valence-corrected chi connectivity index (χ0v) is 8.08. The standard InChI is InChI=1S/C9H18N2O2/c1-7(9(10)12)13-6-8-3-2-4-11-5-8/h7-8,11H,2-6H2,1H3,(H2,10,12). The molecule has 0 bridgehead atoms. The highest BCUT2D eigenvalue weighted by atomic mass is 16.5. The van der Waals surface area contributed by atoms with Crippen LogP contribution in [0.3, 0.4) is 0 Å². The Balaban J connectivity index is 2.13. The Morgan fingerprint density at radius 1 is 1.77 bits per heavy atom. The Morgan fingerprint density at radius 3 is 3.08 bits per heavy atom. The number of hydrogen-bond donors (Lipinski definition) is 2. The first-order valence-corrected chi connectivity index (χ1v) is 4.82. The quantitative estimate of drug-likeness (QED) is 0.643. The molecule has 3 N–H and O–H groups in total. The number of nitrogens with one attached hydrogen (secondary N) is 1. The Morgan fingerprint density at radius 2 is 2.54 bits per heavy atom. The molecule has 1 aliphatic heterocycles. The maximum atomic E-state index is 10.7. The Bertz CT molecular complexity index is 167. The van der Waals surface area contributed by atoms with E-state index in [1.165, 1.54) is 12.8 Å². The van der Waals surface area contributed by atoms with E-state index in [9.17, 15) is 4.79 Å². The summed E-state index contributed by atoms with van der Waals surface area (Å²) in [6.45, 7) is 4.42. The number of carbonyl (C=O) groups excluding carboxylic acids is 1. The van der Waals surface area contributed by atoms with Crippen LogP contribution in [0.1, 0.15) is 19.8 Å². The minimum Gasteiger partial charge on any atom is -0.368 e. The van der Waals surface area contributed by atoms with Crippen molar-refractivity contribution in [1.29, 1.82) is 0 Å². The van der Waals surface area contributed by atoms with Gasteiger partial charge in [0.1, 0.15) is 6.10 Å². The van der Waals surface area contributed by atoms with E-state index in [1.807, 2.05) is 0 Å². The molecule has 1 fully saturated rings. The van der Waals surface area contributed by atoms with Gasteiger partial charge < -0.3 is 15.8 Å². The molecule has 76 valence electrons. The maximum Gasteiger partial charge on any atom is 0.246 e. The minimum atomic E-state index is -0.457. The molecule has 0 radical (unpaired) electrons. The summed E-state index contributed by atoms with van der Waals surface area (Å²) in [5.74, 6) is 0.152. The first-order chi connectivity index (χ1) is 6.20. The lowest BCUT2D eigenvalue weighted by Gasteiger charge is -2.23. The third kappa shape index (κ3) is 3.74. The molecule has 4 nitrogen and oxygen atoms in total. The van der Waals surface area contributed by atoms with E-state index in [1.54, 1.807) is 6.92 Å². The normalized spacial score (nSPS) is 25.5. The summed E-state index contributed by atoms with van der Waals surface area (Å²) in [5, 5.41) is 3.29. The number of amides is 1. The van der Waals surface area contributed by atoms with E-state index >= 15 is 0 Å². The van der Waals surface area contributed by atoms with Crippen molar-refractivity contribution < 1.29 is 9.53 Å². The summed E-state index contributed by atoms with van der Waals surface area (Å²) < 4.78 is 5.33. The second kappa shape index (κ2) is 5.19. The fraction of sp³-hybridized carbons (Fsp3) is 0.889. The number of hydrogen-bond acceptors (Lipinski definition) is 3. The van der Waals surface area contributed by atoms with Crippen molar-refractivity contribution in [2.75, 3.05) is 19.7 Å². The monoisotopic (exact) mass is 186 g/mol. The van der Waals surface area contributed by atoms with Gasteiger partial charge in [-0.2, -0.15) is 0 Å². The third-order valence-corrected chi connectivity index (χ3v) is 2.38. The molecule has 0 saturated carbocycles. The van der Waals surface area contributed by atoms with Gasteiger partial charge >= 0.3 is 0 Å². The van der Waals surface area contributed by atoms with Gasteiger partial charge in [0, 0.05) is 6.54 Å². The molecule has 1 aliphatic rings. The summed E-state index contributed by atoms with van der Waals surface area (Å²) in [6, 6.07) is 0. The summed E-state index contributed by atoms with van der Waals surface area (Å²) in [6.07, 6.45) is 1.92. The molecule has 0 aromatic carbocycles. The highest BCUT2D eigenvalue weighted by Crippen LogP contribution is 2.10. The van der Waals surface area contributed by atoms with Gasteiger partial charge in [-0.25, -0.2) is 0 Å². The van der Waals surface area contributed by atoms with Crippen LogP contribution in [-0.4, -0.2) is 31.7 Å². The number of piperidine rings is 1. The van der Waals surface area contributed by atoms with E-state index in [0.29, 0.717) is 12.5 Å². The lowest BCUT2D eigenvalue weighted by molar-refractivity contribution is -0.129. The van der Waals surface area contributed by atoms with Crippen LogP contribution in [0.5, 0.6) is 0 Å². The summed E-state index contributed by atoms with van der Waals surface area (Å²) in [4.78, 5) is 10.7. The average molecular weight is 186 g/mol. The average Bonchev–Trinajstić information content (AvgIpc) is 2.15. The first kappa shape index (κ1) is 10.5. The predicted molar refractivity (Wildman–Crippen MR) is 50.2 cm³/mol. The maximum absolute atomic E-state index is 10.7. The molecule has 2 unspecified atom stereocenters. The van der Waals surface area contributed by atoms with Gasteiger partial charge in [-0.1, -0.05) is 0 Å². The van der Waals surface area contributed by atoms with Gasteiger partial charge in [0.15, 0.2) is 0 Å². The summed E-state index contributed by atoms with van der Waals surface area (Å²) >= 11 is 0. The fourth-order valence-corrected chi connectivity index (χ4v) is 1.43. The molecule has 1 saturated heterocycles. The molecular formula is C9H18N2O2. The van der Waals surface area contributed by atoms with E-state index < -0.39 is 6.10 Å². The number of carbonyl (C=O) groups is 1. The van der Waals surface area contributed by atoms with Crippen molar-refractivity contribution >= 4 is 5.91 Å². The SMILES string of the molecule is CC(OCC1CCCNC1)C(N)=O. The number of primary amides is 1. The second-order valence-electron chi connectivity index (χ2n) is 3.59. The van der Waals surface area contributed by atoms with Crippen LogP contribution in [0.2, 0.25) is 0 Å². The van der Waals surface area contributed by atoms with Gasteiger partial charge in [0.05, 0.1) is 6.61 Å². The molecule has 0 aromatic heterocycles. The van der Waals surface area contributed by atoms with Gasteiger partial charge in [-0.3, -0.25) is 4.79 Å². The minimum absolute atomic E-state index is 0.385. The predicted octanol–water partition coefficient (Wildman–Crippen LogP) is -0.124. The molecule has 0 spiro atoms. The van der Waals surface area contributed by atoms with E-state index in [4.69, 9.17) is 10.5 Å². The van der Waals surface area contributed by atoms with Crippen LogP contribution < -0.4 is 11.1 Å². The fourth-order valence-electron chi connectivity index (χ4n) is 1.43. The van der Waals surface area contributed by atoms with Crippen LogP contribution in [0.25, 0.3) is 0 Å². The molecule has 2 atom stereocenters. The van der Waals surface area contributed by atoms with Crippen LogP contribution in [0.4, 0.5) is 0 Å². The van der Waals surface area contributed by atoms with E-state index in [0.717, 1.165) is 13.1 Å². The topological polar surface area (TPSA) is 64.3 Å². The van der Waals surface area contributed by atoms with Gasteiger partial charge in [0.25, 0.3) is 0 Å². The zero-order valence-electron chi connectivity index (χ0n) is 8.08. The molecule has 0 aliphatic carbocycles. The summed E-state index contributed by atoms with van der Waals surface area (Å²) in [7, 11) is 0. The van der Waals surface area contributed by atoms with Crippen molar-refractivity contribution in [3.63, 3.8) is 0 Å². The van der Waals surface area contributed by atoms with Crippen molar-refractivity contribution in [2.24, 2.45) is 11.7 Å². The Labute approximate surface area is 78.8 Å². The molecule has 13 heavy (non-hydrogen) atoms. The van der Waals surface area contributed by atoms with Gasteiger partial charge in [-0.05, 0) is 32.2 Å². The number of rotatable bonds is 4. The van der Waals surface area contributed by atoms with Crippen molar-refractivity contribution in [1.82, 2.24) is 5.32 Å². The van der Waals surface area contributed by atoms with Crippen molar-refractivity contribution in [2.45, 2.75) is 25.9 Å². The smallest absolute Gasteiger partial charge is 0.246 e. The van der Waals surface area contributed by atoms with E-state index in [2.05, 4.69) is 5.32 Å². The van der Waals surface area contributed by atoms with Crippen LogP contribution in [0, 0.1) is 5.92 Å². The highest BCUT2D eigenvalue weighted by Gasteiger charge is 2.16. The van der Waals surface area contributed by atoms with Crippen molar-refractivity contribution in [3.05, 3.63) is 0 Å². The lowest BCUT2D eigenvalue weighted by Crippen LogP contribution is -2.35. The van der Waals surface area contributed by atoms with E-state index in [-0.39, 0.29) is 5.91 Å². The second-order valence-corrected chi connectivity index (χ2v) is 3.59. The third-order valence-electron chi connectivity index (χ3n) is 2.38. The zero-order chi connectivity index (χ0) is 9.68. The molecule has 1 rings (SSSR count). The van der Waals surface area contributed by atoms with Crippen LogP contribution >= 0.6 is 0 Å². The molecular weight excluding hydrogens is 168 g/mol. The molecule has 0 aromatic rings. The molecule has 1 amide bonds. The van der Waals surface area contributed by atoms with Crippen molar-refractivity contribution in [3.8, 4) is 0 Å². The molecule has 1 heterocycles. The van der Waals surface area contributed by atoms with Gasteiger partial charge in [0.2, 0.25) is 5.91 Å². The molecule has 4 heteroatoms. The van der Waals surface area contributed by atoms with Gasteiger partial charge in [-0.15, -0.1) is 0 Å². The van der Waals surface area contributed by atoms with Crippen LogP contribution in [-0.2, 0) is 9.53 Å². The highest BCUT2D eigenvalue weighted by molar-refractivity contribution is 5.78. The Hall–Kier alpha value is -0.610.